The molecule has 1 atom stereocenters. The van der Waals surface area contributed by atoms with E-state index in [0.717, 1.165) is 19.4 Å². The summed E-state index contributed by atoms with van der Waals surface area (Å²) in [5, 5.41) is 8.91. The molecular formula is C15H21N3O2. The van der Waals surface area contributed by atoms with Crippen molar-refractivity contribution in [1.29, 1.82) is 0 Å². The van der Waals surface area contributed by atoms with E-state index in [1.807, 2.05) is 19.1 Å². The summed E-state index contributed by atoms with van der Waals surface area (Å²) in [5.74, 6) is -0.0770. The van der Waals surface area contributed by atoms with Crippen molar-refractivity contribution in [3.8, 4) is 0 Å². The lowest BCUT2D eigenvalue weighted by atomic mass is 9.99. The van der Waals surface area contributed by atoms with Crippen molar-refractivity contribution < 1.29 is 9.59 Å². The van der Waals surface area contributed by atoms with Crippen LogP contribution in [0.2, 0.25) is 0 Å². The van der Waals surface area contributed by atoms with Crippen molar-refractivity contribution in [2.45, 2.75) is 38.6 Å². The van der Waals surface area contributed by atoms with Crippen molar-refractivity contribution in [1.82, 2.24) is 5.32 Å². The van der Waals surface area contributed by atoms with Crippen molar-refractivity contribution >= 4 is 23.2 Å². The fourth-order valence-corrected chi connectivity index (χ4v) is 2.28. The topological polar surface area (TPSA) is 70.2 Å². The van der Waals surface area contributed by atoms with Crippen molar-refractivity contribution in [2.75, 3.05) is 17.2 Å². The molecule has 20 heavy (non-hydrogen) atoms. The summed E-state index contributed by atoms with van der Waals surface area (Å²) in [6, 6.07) is 7.20. The van der Waals surface area contributed by atoms with Gasteiger partial charge in [-0.3, -0.25) is 9.59 Å². The van der Waals surface area contributed by atoms with E-state index < -0.39 is 5.54 Å². The fourth-order valence-electron chi connectivity index (χ4n) is 2.28. The zero-order chi connectivity index (χ0) is 14.6. The van der Waals surface area contributed by atoms with E-state index in [-0.39, 0.29) is 11.8 Å². The Hall–Kier alpha value is -1.88. The van der Waals surface area contributed by atoms with Gasteiger partial charge < -0.3 is 16.0 Å². The molecule has 2 rings (SSSR count). The van der Waals surface area contributed by atoms with E-state index in [0.29, 0.717) is 17.8 Å². The standard InChI is InChI=1S/C15H21N3O2/c1-3-13(19)17-11-6-4-7-12(10-11)18-14(20)15(2)8-5-9-16-15/h4,6-7,10,16H,3,5,8-9H2,1-2H3,(H,17,19)(H,18,20). The van der Waals surface area contributed by atoms with Crippen LogP contribution in [0, 0.1) is 0 Å². The maximum absolute atomic E-state index is 12.3. The Morgan fingerprint density at radius 3 is 2.60 bits per heavy atom. The molecule has 3 N–H and O–H groups in total. The minimum atomic E-state index is -0.497. The van der Waals surface area contributed by atoms with Crippen LogP contribution in [-0.2, 0) is 9.59 Å². The van der Waals surface area contributed by atoms with Crippen LogP contribution in [0.15, 0.2) is 24.3 Å². The Kier molecular flexibility index (Phi) is 4.39. The lowest BCUT2D eigenvalue weighted by Crippen LogP contribution is -2.47. The number of anilines is 2. The van der Waals surface area contributed by atoms with Gasteiger partial charge in [0.05, 0.1) is 5.54 Å². The molecule has 0 spiro atoms. The summed E-state index contributed by atoms with van der Waals surface area (Å²) in [7, 11) is 0. The maximum atomic E-state index is 12.3. The lowest BCUT2D eigenvalue weighted by Gasteiger charge is -2.23. The molecule has 0 aromatic heterocycles. The van der Waals surface area contributed by atoms with Crippen LogP contribution in [0.3, 0.4) is 0 Å². The highest BCUT2D eigenvalue weighted by atomic mass is 16.2. The van der Waals surface area contributed by atoms with Gasteiger partial charge in [-0.2, -0.15) is 0 Å². The van der Waals surface area contributed by atoms with Gasteiger partial charge in [-0.25, -0.2) is 0 Å². The van der Waals surface area contributed by atoms with Crippen molar-refractivity contribution in [2.24, 2.45) is 0 Å². The first kappa shape index (κ1) is 14.5. The molecule has 1 unspecified atom stereocenters. The van der Waals surface area contributed by atoms with E-state index in [2.05, 4.69) is 16.0 Å². The quantitative estimate of drug-likeness (QED) is 0.788. The van der Waals surface area contributed by atoms with Crippen molar-refractivity contribution in [3.63, 3.8) is 0 Å². The average Bonchev–Trinajstić information content (AvgIpc) is 2.87. The molecule has 0 saturated carbocycles. The largest absolute Gasteiger partial charge is 0.326 e. The van der Waals surface area contributed by atoms with Gasteiger partial charge in [0.2, 0.25) is 11.8 Å². The molecule has 1 aliphatic rings. The van der Waals surface area contributed by atoms with Gasteiger partial charge in [0, 0.05) is 17.8 Å². The Bertz CT molecular complexity index is 508. The number of hydrogen-bond donors (Lipinski definition) is 3. The van der Waals surface area contributed by atoms with Crippen LogP contribution in [0.1, 0.15) is 33.1 Å². The van der Waals surface area contributed by atoms with Gasteiger partial charge in [-0.1, -0.05) is 13.0 Å². The number of hydrogen-bond acceptors (Lipinski definition) is 3. The Morgan fingerprint density at radius 2 is 2.00 bits per heavy atom. The maximum Gasteiger partial charge on any atom is 0.244 e. The van der Waals surface area contributed by atoms with Crippen LogP contribution < -0.4 is 16.0 Å². The third-order valence-corrected chi connectivity index (χ3v) is 3.60. The third kappa shape index (κ3) is 3.36. The van der Waals surface area contributed by atoms with Gasteiger partial charge in [0.15, 0.2) is 0 Å². The highest BCUT2D eigenvalue weighted by Gasteiger charge is 2.35. The first-order valence-electron chi connectivity index (χ1n) is 7.00. The number of amides is 2. The SMILES string of the molecule is CCC(=O)Nc1cccc(NC(=O)C2(C)CCCN2)c1. The number of rotatable bonds is 4. The number of benzene rings is 1. The molecule has 1 fully saturated rings. The van der Waals surface area contributed by atoms with E-state index in [9.17, 15) is 9.59 Å². The van der Waals surface area contributed by atoms with Crippen LogP contribution in [0.25, 0.3) is 0 Å². The van der Waals surface area contributed by atoms with E-state index >= 15 is 0 Å². The molecule has 1 heterocycles. The molecular weight excluding hydrogens is 254 g/mol. The molecule has 5 heteroatoms. The number of carbonyl (C=O) groups is 2. The second-order valence-electron chi connectivity index (χ2n) is 5.30. The van der Waals surface area contributed by atoms with Gasteiger partial charge in [0.1, 0.15) is 0 Å². The molecule has 0 aliphatic carbocycles. The Balaban J connectivity index is 2.04. The monoisotopic (exact) mass is 275 g/mol. The van der Waals surface area contributed by atoms with Gasteiger partial charge in [-0.15, -0.1) is 0 Å². The molecule has 5 nitrogen and oxygen atoms in total. The van der Waals surface area contributed by atoms with E-state index in [1.54, 1.807) is 19.1 Å². The van der Waals surface area contributed by atoms with E-state index in [1.165, 1.54) is 0 Å². The normalized spacial score (nSPS) is 21.5. The third-order valence-electron chi connectivity index (χ3n) is 3.60. The average molecular weight is 275 g/mol. The summed E-state index contributed by atoms with van der Waals surface area (Å²) in [6.45, 7) is 4.59. The summed E-state index contributed by atoms with van der Waals surface area (Å²) in [4.78, 5) is 23.6. The van der Waals surface area contributed by atoms with E-state index in [4.69, 9.17) is 0 Å². The Labute approximate surface area is 119 Å². The molecule has 108 valence electrons. The number of carbonyl (C=O) groups excluding carboxylic acids is 2. The lowest BCUT2D eigenvalue weighted by molar-refractivity contribution is -0.121. The van der Waals surface area contributed by atoms with Crippen LogP contribution >= 0.6 is 0 Å². The molecule has 1 aliphatic heterocycles. The van der Waals surface area contributed by atoms with Crippen LogP contribution in [-0.4, -0.2) is 23.9 Å². The predicted molar refractivity (Wildman–Crippen MR) is 79.6 cm³/mol. The summed E-state index contributed by atoms with van der Waals surface area (Å²) in [5.41, 5.74) is 0.890. The summed E-state index contributed by atoms with van der Waals surface area (Å²) >= 11 is 0. The fraction of sp³-hybridized carbons (Fsp3) is 0.467. The second kappa shape index (κ2) is 6.05. The first-order chi connectivity index (χ1) is 9.53. The zero-order valence-electron chi connectivity index (χ0n) is 12.0. The van der Waals surface area contributed by atoms with Gasteiger partial charge >= 0.3 is 0 Å². The second-order valence-corrected chi connectivity index (χ2v) is 5.30. The van der Waals surface area contributed by atoms with Gasteiger partial charge in [0.25, 0.3) is 0 Å². The van der Waals surface area contributed by atoms with Gasteiger partial charge in [-0.05, 0) is 44.5 Å². The minimum Gasteiger partial charge on any atom is -0.326 e. The zero-order valence-corrected chi connectivity index (χ0v) is 12.0. The molecule has 1 aromatic carbocycles. The molecule has 1 aromatic rings. The minimum absolute atomic E-state index is 0.0334. The summed E-state index contributed by atoms with van der Waals surface area (Å²) in [6.07, 6.45) is 2.28. The first-order valence-corrected chi connectivity index (χ1v) is 7.00. The number of nitrogens with one attached hydrogen (secondary N) is 3. The predicted octanol–water partition coefficient (Wildman–Crippen LogP) is 2.12. The molecule has 2 amide bonds. The smallest absolute Gasteiger partial charge is 0.244 e. The molecule has 1 saturated heterocycles. The summed E-state index contributed by atoms with van der Waals surface area (Å²) < 4.78 is 0. The molecule has 0 radical (unpaired) electrons. The highest BCUT2D eigenvalue weighted by molar-refractivity contribution is 5.99. The van der Waals surface area contributed by atoms with Crippen molar-refractivity contribution in [3.05, 3.63) is 24.3 Å². The van der Waals surface area contributed by atoms with Crippen LogP contribution in [0.5, 0.6) is 0 Å². The molecule has 0 bridgehead atoms. The van der Waals surface area contributed by atoms with Crippen LogP contribution in [0.4, 0.5) is 11.4 Å². The Morgan fingerprint density at radius 1 is 1.30 bits per heavy atom. The highest BCUT2D eigenvalue weighted by Crippen LogP contribution is 2.22.